The van der Waals surface area contributed by atoms with Crippen LogP contribution in [0, 0.1) is 13.8 Å². The van der Waals surface area contributed by atoms with Gasteiger partial charge in [0.05, 0.1) is 19.4 Å². The quantitative estimate of drug-likeness (QED) is 0.348. The van der Waals surface area contributed by atoms with Gasteiger partial charge in [-0.3, -0.25) is 19.2 Å². The fourth-order valence-corrected chi connectivity index (χ4v) is 3.80. The Morgan fingerprint density at radius 1 is 1.08 bits per heavy atom. The first-order valence-electron chi connectivity index (χ1n) is 12.7. The Balaban J connectivity index is 3.47. The van der Waals surface area contributed by atoms with Crippen molar-refractivity contribution in [3.05, 3.63) is 34.9 Å². The van der Waals surface area contributed by atoms with Crippen LogP contribution in [0.5, 0.6) is 0 Å². The summed E-state index contributed by atoms with van der Waals surface area (Å²) in [4.78, 5) is 64.9. The number of aryl methyl sites for hydroxylation is 2. The zero-order valence-electron chi connectivity index (χ0n) is 23.7. The first-order chi connectivity index (χ1) is 17.6. The highest BCUT2D eigenvalue weighted by molar-refractivity contribution is 5.95. The number of carbonyl (C=O) groups excluding carboxylic acids is 5. The van der Waals surface area contributed by atoms with E-state index in [1.807, 2.05) is 26.0 Å². The molecule has 0 aliphatic heterocycles. The summed E-state index contributed by atoms with van der Waals surface area (Å²) >= 11 is 0. The number of benzene rings is 1. The normalized spacial score (nSPS) is 12.8. The molecule has 0 aromatic heterocycles. The molecule has 11 heteroatoms. The predicted octanol–water partition coefficient (Wildman–Crippen LogP) is 2.42. The molecule has 38 heavy (non-hydrogen) atoms. The third-order valence-electron chi connectivity index (χ3n) is 5.39. The maximum Gasteiger partial charge on any atom is 0.408 e. The van der Waals surface area contributed by atoms with Crippen LogP contribution in [0.3, 0.4) is 0 Å². The second-order valence-electron chi connectivity index (χ2n) is 10.3. The van der Waals surface area contributed by atoms with E-state index in [1.54, 1.807) is 47.6 Å². The zero-order valence-corrected chi connectivity index (χ0v) is 23.7. The Bertz CT molecular complexity index is 1020. The molecule has 2 unspecified atom stereocenters. The lowest BCUT2D eigenvalue weighted by Gasteiger charge is -2.37. The van der Waals surface area contributed by atoms with Gasteiger partial charge in [-0.15, -0.1) is 0 Å². The highest BCUT2D eigenvalue weighted by Gasteiger charge is 2.39. The molecule has 212 valence electrons. The molecule has 0 radical (unpaired) electrons. The molecule has 0 aliphatic carbocycles. The number of carbonyl (C=O) groups is 5. The van der Waals surface area contributed by atoms with E-state index in [4.69, 9.17) is 15.2 Å². The predicted molar refractivity (Wildman–Crippen MR) is 142 cm³/mol. The number of primary amides is 1. The average molecular weight is 535 g/mol. The second-order valence-corrected chi connectivity index (χ2v) is 10.3. The number of rotatable bonds is 12. The molecule has 4 amide bonds. The third-order valence-corrected chi connectivity index (χ3v) is 5.39. The van der Waals surface area contributed by atoms with Gasteiger partial charge in [-0.2, -0.15) is 0 Å². The molecule has 1 rings (SSSR count). The molecule has 1 aromatic rings. The van der Waals surface area contributed by atoms with E-state index in [1.165, 1.54) is 4.90 Å². The molecule has 11 nitrogen and oxygen atoms in total. The summed E-state index contributed by atoms with van der Waals surface area (Å²) in [5, 5.41) is 5.16. The highest BCUT2D eigenvalue weighted by atomic mass is 16.6. The summed E-state index contributed by atoms with van der Waals surface area (Å²) in [5.74, 6) is -2.49. The maximum atomic E-state index is 13.9. The van der Waals surface area contributed by atoms with Crippen LogP contribution >= 0.6 is 0 Å². The van der Waals surface area contributed by atoms with Crippen molar-refractivity contribution in [2.45, 2.75) is 92.0 Å². The summed E-state index contributed by atoms with van der Waals surface area (Å²) in [6.45, 7) is 14.0. The molecule has 0 aliphatic rings. The van der Waals surface area contributed by atoms with Crippen molar-refractivity contribution in [1.82, 2.24) is 15.5 Å². The van der Waals surface area contributed by atoms with Crippen molar-refractivity contribution in [1.29, 1.82) is 0 Å². The van der Waals surface area contributed by atoms with Crippen molar-refractivity contribution in [2.75, 3.05) is 13.2 Å². The van der Waals surface area contributed by atoms with Gasteiger partial charge in [0, 0.05) is 12.6 Å². The highest BCUT2D eigenvalue weighted by Crippen LogP contribution is 2.28. The lowest BCUT2D eigenvalue weighted by molar-refractivity contribution is -0.146. The molecule has 0 heterocycles. The van der Waals surface area contributed by atoms with Crippen molar-refractivity contribution in [3.63, 3.8) is 0 Å². The Morgan fingerprint density at radius 2 is 1.71 bits per heavy atom. The summed E-state index contributed by atoms with van der Waals surface area (Å²) in [7, 11) is 0. The van der Waals surface area contributed by atoms with Gasteiger partial charge in [0.25, 0.3) is 0 Å². The van der Waals surface area contributed by atoms with Crippen LogP contribution < -0.4 is 16.4 Å². The van der Waals surface area contributed by atoms with Gasteiger partial charge in [0.15, 0.2) is 0 Å². The van der Waals surface area contributed by atoms with Crippen molar-refractivity contribution in [3.8, 4) is 0 Å². The molecule has 0 spiro atoms. The fraction of sp³-hybridized carbons (Fsp3) is 0.593. The van der Waals surface area contributed by atoms with Crippen molar-refractivity contribution >= 4 is 29.8 Å². The van der Waals surface area contributed by atoms with Gasteiger partial charge in [0.1, 0.15) is 17.7 Å². The molecule has 1 aromatic carbocycles. The number of alkyl carbamates (subject to hydrolysis) is 1. The van der Waals surface area contributed by atoms with Crippen LogP contribution in [0.2, 0.25) is 0 Å². The van der Waals surface area contributed by atoms with Gasteiger partial charge in [-0.25, -0.2) is 4.79 Å². The topological polar surface area (TPSA) is 157 Å². The van der Waals surface area contributed by atoms with E-state index in [2.05, 4.69) is 10.6 Å². The van der Waals surface area contributed by atoms with Crippen LogP contribution in [-0.4, -0.2) is 65.5 Å². The second kappa shape index (κ2) is 14.3. The van der Waals surface area contributed by atoms with Gasteiger partial charge in [-0.05, 0) is 66.5 Å². The summed E-state index contributed by atoms with van der Waals surface area (Å²) in [6.07, 6.45) is -1.44. The fourth-order valence-electron chi connectivity index (χ4n) is 3.80. The third kappa shape index (κ3) is 10.4. The molecule has 0 bridgehead atoms. The smallest absolute Gasteiger partial charge is 0.408 e. The molecular formula is C27H42N4O7. The number of amides is 4. The first-order valence-corrected chi connectivity index (χ1v) is 12.7. The van der Waals surface area contributed by atoms with Crippen LogP contribution in [0.25, 0.3) is 0 Å². The number of hydrogen-bond acceptors (Lipinski definition) is 7. The van der Waals surface area contributed by atoms with E-state index in [0.717, 1.165) is 11.1 Å². The number of nitrogens with zero attached hydrogens (tertiary/aromatic N) is 1. The van der Waals surface area contributed by atoms with Crippen molar-refractivity contribution < 1.29 is 33.4 Å². The minimum absolute atomic E-state index is 0.0000286. The van der Waals surface area contributed by atoms with E-state index in [9.17, 15) is 24.0 Å². The Kier molecular flexibility index (Phi) is 12.2. The zero-order chi connectivity index (χ0) is 29.2. The minimum Gasteiger partial charge on any atom is -0.466 e. The number of ether oxygens (including phenoxy) is 2. The van der Waals surface area contributed by atoms with Crippen LogP contribution in [-0.2, 0) is 28.7 Å². The summed E-state index contributed by atoms with van der Waals surface area (Å²) < 4.78 is 10.2. The van der Waals surface area contributed by atoms with E-state index >= 15 is 0 Å². The van der Waals surface area contributed by atoms with Gasteiger partial charge in [0.2, 0.25) is 17.7 Å². The summed E-state index contributed by atoms with van der Waals surface area (Å²) in [6, 6.07) is 2.50. The standard InChI is InChI=1S/C27H42N4O7/c1-9-37-22(33)12-13-29-24(34)23(19-14-17(4)10-11-18(19)5)31(16(2)3)25(35)20(15-21(28)32)30-26(36)38-27(6,7)8/h10-11,14,16,20,23H,9,12-13,15H2,1-8H3,(H2,28,32)(H,29,34)(H,30,36). The van der Waals surface area contributed by atoms with E-state index in [0.29, 0.717) is 5.56 Å². The lowest BCUT2D eigenvalue weighted by atomic mass is 9.95. The lowest BCUT2D eigenvalue weighted by Crippen LogP contribution is -2.56. The monoisotopic (exact) mass is 534 g/mol. The maximum absolute atomic E-state index is 13.9. The first kappa shape index (κ1) is 32.4. The molecule has 0 saturated carbocycles. The molecule has 0 saturated heterocycles. The Labute approximate surface area is 224 Å². The summed E-state index contributed by atoms with van der Waals surface area (Å²) in [5.41, 5.74) is 6.74. The Morgan fingerprint density at radius 3 is 2.24 bits per heavy atom. The van der Waals surface area contributed by atoms with Crippen LogP contribution in [0.4, 0.5) is 4.79 Å². The largest absolute Gasteiger partial charge is 0.466 e. The molecule has 4 N–H and O–H groups in total. The van der Waals surface area contributed by atoms with Crippen LogP contribution in [0.1, 0.15) is 77.1 Å². The number of esters is 1. The van der Waals surface area contributed by atoms with E-state index in [-0.39, 0.29) is 19.6 Å². The molecule has 0 fully saturated rings. The number of nitrogens with one attached hydrogen (secondary N) is 2. The van der Waals surface area contributed by atoms with Crippen LogP contribution in [0.15, 0.2) is 18.2 Å². The van der Waals surface area contributed by atoms with E-state index < -0.39 is 59.9 Å². The SMILES string of the molecule is CCOC(=O)CCNC(=O)C(c1cc(C)ccc1C)N(C(=O)C(CC(N)=O)NC(=O)OC(C)(C)C)C(C)C. The van der Waals surface area contributed by atoms with Gasteiger partial charge >= 0.3 is 12.1 Å². The number of hydrogen-bond donors (Lipinski definition) is 3. The van der Waals surface area contributed by atoms with Gasteiger partial charge < -0.3 is 30.7 Å². The number of nitrogens with two attached hydrogens (primary N) is 1. The Hall–Kier alpha value is -3.63. The molecule has 2 atom stereocenters. The van der Waals surface area contributed by atoms with Gasteiger partial charge in [-0.1, -0.05) is 23.8 Å². The van der Waals surface area contributed by atoms with Crippen molar-refractivity contribution in [2.24, 2.45) is 5.73 Å². The minimum atomic E-state index is -1.37. The molecular weight excluding hydrogens is 492 g/mol. The average Bonchev–Trinajstić information content (AvgIpc) is 2.76.